The van der Waals surface area contributed by atoms with Crippen molar-refractivity contribution in [1.29, 1.82) is 0 Å². The predicted octanol–water partition coefficient (Wildman–Crippen LogP) is 1.54. The van der Waals surface area contributed by atoms with Crippen LogP contribution in [0.3, 0.4) is 0 Å². The highest BCUT2D eigenvalue weighted by molar-refractivity contribution is 7.80. The third kappa shape index (κ3) is 1.93. The van der Waals surface area contributed by atoms with Crippen LogP contribution >= 0.6 is 12.2 Å². The van der Waals surface area contributed by atoms with E-state index in [-0.39, 0.29) is 6.03 Å². The molecule has 73 valence electrons. The SMILES string of the molecule is O=C1[N]C(=S)CCN1Cc1ccco1. The lowest BCUT2D eigenvalue weighted by molar-refractivity contribution is 0.192. The van der Waals surface area contributed by atoms with Crippen molar-refractivity contribution >= 4 is 23.2 Å². The summed E-state index contributed by atoms with van der Waals surface area (Å²) in [5, 5.41) is 3.72. The molecule has 2 rings (SSSR count). The molecule has 0 aromatic carbocycles. The second kappa shape index (κ2) is 3.79. The van der Waals surface area contributed by atoms with Crippen molar-refractivity contribution < 1.29 is 9.21 Å². The van der Waals surface area contributed by atoms with Gasteiger partial charge in [-0.2, -0.15) is 5.32 Å². The van der Waals surface area contributed by atoms with E-state index in [2.05, 4.69) is 5.32 Å². The van der Waals surface area contributed by atoms with Gasteiger partial charge >= 0.3 is 6.03 Å². The molecule has 0 unspecified atom stereocenters. The van der Waals surface area contributed by atoms with Crippen LogP contribution in [0, 0.1) is 0 Å². The molecule has 1 aromatic rings. The fourth-order valence-electron chi connectivity index (χ4n) is 1.30. The van der Waals surface area contributed by atoms with Gasteiger partial charge in [0.05, 0.1) is 12.8 Å². The molecule has 0 atom stereocenters. The van der Waals surface area contributed by atoms with Gasteiger partial charge in [-0.25, -0.2) is 4.79 Å². The van der Waals surface area contributed by atoms with E-state index in [9.17, 15) is 4.79 Å². The molecule has 0 saturated carbocycles. The summed E-state index contributed by atoms with van der Waals surface area (Å²) in [4.78, 5) is 13.5. The summed E-state index contributed by atoms with van der Waals surface area (Å²) in [7, 11) is 0. The van der Waals surface area contributed by atoms with Crippen molar-refractivity contribution in [1.82, 2.24) is 10.2 Å². The quantitative estimate of drug-likeness (QED) is 0.694. The lowest BCUT2D eigenvalue weighted by Gasteiger charge is -2.25. The van der Waals surface area contributed by atoms with E-state index in [0.717, 1.165) is 5.76 Å². The molecule has 0 aliphatic carbocycles. The van der Waals surface area contributed by atoms with E-state index >= 15 is 0 Å². The number of amides is 2. The first kappa shape index (κ1) is 9.21. The average molecular weight is 209 g/mol. The van der Waals surface area contributed by atoms with Crippen LogP contribution < -0.4 is 5.32 Å². The fraction of sp³-hybridized carbons (Fsp3) is 0.333. The Labute approximate surface area is 86.9 Å². The second-order valence-electron chi connectivity index (χ2n) is 3.04. The molecule has 0 bridgehead atoms. The van der Waals surface area contributed by atoms with Crippen molar-refractivity contribution in [3.8, 4) is 0 Å². The number of carbonyl (C=O) groups excluding carboxylic acids is 1. The van der Waals surface area contributed by atoms with E-state index in [1.54, 1.807) is 17.2 Å². The normalized spacial score (nSPS) is 17.0. The Bertz CT molecular complexity index is 348. The van der Waals surface area contributed by atoms with E-state index < -0.39 is 0 Å². The highest BCUT2D eigenvalue weighted by atomic mass is 32.1. The maximum atomic E-state index is 11.4. The molecule has 1 aliphatic heterocycles. The standard InChI is InChI=1S/C9H9N2O2S/c12-9-10-8(14)3-4-11(9)6-7-2-1-5-13-7/h1-2,5H,3-4,6H2. The zero-order valence-electron chi connectivity index (χ0n) is 7.47. The number of rotatable bonds is 2. The molecule has 1 saturated heterocycles. The zero-order chi connectivity index (χ0) is 9.97. The van der Waals surface area contributed by atoms with Gasteiger partial charge in [-0.1, -0.05) is 12.2 Å². The molecule has 0 spiro atoms. The summed E-state index contributed by atoms with van der Waals surface area (Å²) >= 11 is 4.85. The Morgan fingerprint density at radius 2 is 2.50 bits per heavy atom. The molecule has 1 aliphatic rings. The number of nitrogens with zero attached hydrogens (tertiary/aromatic N) is 2. The third-order valence-corrected chi connectivity index (χ3v) is 2.31. The molecule has 2 heterocycles. The summed E-state index contributed by atoms with van der Waals surface area (Å²) < 4.78 is 5.14. The molecular formula is C9H9N2O2S. The Hall–Kier alpha value is -1.36. The van der Waals surface area contributed by atoms with Crippen LogP contribution in [0.15, 0.2) is 22.8 Å². The molecule has 1 radical (unpaired) electrons. The molecule has 5 heteroatoms. The minimum Gasteiger partial charge on any atom is -0.467 e. The van der Waals surface area contributed by atoms with Crippen molar-refractivity contribution in [3.05, 3.63) is 24.2 Å². The van der Waals surface area contributed by atoms with Crippen LogP contribution in [0.5, 0.6) is 0 Å². The Balaban J connectivity index is 1.99. The topological polar surface area (TPSA) is 47.6 Å². The first-order chi connectivity index (χ1) is 6.75. The smallest absolute Gasteiger partial charge is 0.345 e. The first-order valence-corrected chi connectivity index (χ1v) is 4.72. The summed E-state index contributed by atoms with van der Waals surface area (Å²) in [6.45, 7) is 1.10. The minimum atomic E-state index is -0.266. The number of hydrogen-bond acceptors (Lipinski definition) is 3. The molecule has 1 aromatic heterocycles. The number of thiocarbonyl (C=S) groups is 1. The molecule has 1 fully saturated rings. The summed E-state index contributed by atoms with van der Waals surface area (Å²) in [5.74, 6) is 0.765. The maximum absolute atomic E-state index is 11.4. The lowest BCUT2D eigenvalue weighted by Crippen LogP contribution is -2.44. The van der Waals surface area contributed by atoms with Crippen LogP contribution in [0.1, 0.15) is 12.2 Å². The average Bonchev–Trinajstić information content (AvgIpc) is 2.62. The summed E-state index contributed by atoms with van der Waals surface area (Å²) in [6, 6.07) is 3.36. The van der Waals surface area contributed by atoms with Gasteiger partial charge in [0, 0.05) is 13.0 Å². The van der Waals surface area contributed by atoms with E-state index in [1.165, 1.54) is 0 Å². The highest BCUT2D eigenvalue weighted by Crippen LogP contribution is 2.10. The summed E-state index contributed by atoms with van der Waals surface area (Å²) in [6.07, 6.45) is 2.26. The number of urea groups is 1. The largest absolute Gasteiger partial charge is 0.467 e. The van der Waals surface area contributed by atoms with Gasteiger partial charge in [-0.15, -0.1) is 0 Å². The van der Waals surface area contributed by atoms with Crippen LogP contribution in [-0.2, 0) is 6.54 Å². The van der Waals surface area contributed by atoms with E-state index in [0.29, 0.717) is 24.5 Å². The van der Waals surface area contributed by atoms with Gasteiger partial charge in [0.25, 0.3) is 0 Å². The van der Waals surface area contributed by atoms with Crippen LogP contribution in [0.25, 0.3) is 0 Å². The Morgan fingerprint density at radius 1 is 1.64 bits per heavy atom. The predicted molar refractivity (Wildman–Crippen MR) is 53.9 cm³/mol. The second-order valence-corrected chi connectivity index (χ2v) is 3.51. The fourth-order valence-corrected chi connectivity index (χ4v) is 1.47. The maximum Gasteiger partial charge on any atom is 0.345 e. The highest BCUT2D eigenvalue weighted by Gasteiger charge is 2.23. The molecule has 4 nitrogen and oxygen atoms in total. The van der Waals surface area contributed by atoms with Gasteiger partial charge in [0.2, 0.25) is 0 Å². The first-order valence-electron chi connectivity index (χ1n) is 4.31. The van der Waals surface area contributed by atoms with Crippen molar-refractivity contribution in [3.63, 3.8) is 0 Å². The Kier molecular flexibility index (Phi) is 2.49. The van der Waals surface area contributed by atoms with Gasteiger partial charge in [0.1, 0.15) is 10.7 Å². The van der Waals surface area contributed by atoms with Crippen LogP contribution in [-0.4, -0.2) is 22.5 Å². The monoisotopic (exact) mass is 209 g/mol. The molecule has 0 N–H and O–H groups in total. The Morgan fingerprint density at radius 3 is 3.14 bits per heavy atom. The number of furan rings is 1. The van der Waals surface area contributed by atoms with Crippen LogP contribution in [0.4, 0.5) is 4.79 Å². The molecular weight excluding hydrogens is 200 g/mol. The van der Waals surface area contributed by atoms with Crippen molar-refractivity contribution in [2.45, 2.75) is 13.0 Å². The number of hydrogen-bond donors (Lipinski definition) is 0. The van der Waals surface area contributed by atoms with Crippen LogP contribution in [0.2, 0.25) is 0 Å². The van der Waals surface area contributed by atoms with Gasteiger partial charge in [-0.05, 0) is 12.1 Å². The summed E-state index contributed by atoms with van der Waals surface area (Å²) in [5.41, 5.74) is 0. The minimum absolute atomic E-state index is 0.266. The van der Waals surface area contributed by atoms with Crippen molar-refractivity contribution in [2.24, 2.45) is 0 Å². The van der Waals surface area contributed by atoms with Gasteiger partial charge < -0.3 is 9.32 Å². The number of carbonyl (C=O) groups is 1. The third-order valence-electron chi connectivity index (χ3n) is 2.01. The molecule has 2 amide bonds. The van der Waals surface area contributed by atoms with Gasteiger partial charge in [-0.3, -0.25) is 0 Å². The van der Waals surface area contributed by atoms with Crippen molar-refractivity contribution in [2.75, 3.05) is 6.54 Å². The zero-order valence-corrected chi connectivity index (χ0v) is 8.29. The van der Waals surface area contributed by atoms with E-state index in [4.69, 9.17) is 16.6 Å². The van der Waals surface area contributed by atoms with E-state index in [1.807, 2.05) is 6.07 Å². The molecule has 14 heavy (non-hydrogen) atoms. The van der Waals surface area contributed by atoms with Gasteiger partial charge in [0.15, 0.2) is 0 Å². The lowest BCUT2D eigenvalue weighted by atomic mass is 10.3.